The van der Waals surface area contributed by atoms with Crippen LogP contribution in [0.25, 0.3) is 0 Å². The molecule has 0 heterocycles. The maximum absolute atomic E-state index is 10.3. The van der Waals surface area contributed by atoms with E-state index in [0.29, 0.717) is 6.42 Å². The lowest BCUT2D eigenvalue weighted by Crippen LogP contribution is -2.03. The zero-order chi connectivity index (χ0) is 10.2. The topological polar surface area (TPSA) is 54.4 Å². The van der Waals surface area contributed by atoms with Crippen LogP contribution in [0.2, 0.25) is 0 Å². The maximum atomic E-state index is 10.3. The van der Waals surface area contributed by atoms with Gasteiger partial charge in [0.25, 0.3) is 10.1 Å². The van der Waals surface area contributed by atoms with Crippen LogP contribution in [0, 0.1) is 0 Å². The first-order chi connectivity index (χ1) is 6.06. The molecule has 0 aromatic heterocycles. The van der Waals surface area contributed by atoms with Crippen molar-refractivity contribution < 1.29 is 13.0 Å². The average Bonchev–Trinajstić information content (AvgIpc) is 2.01. The minimum Gasteiger partial charge on any atom is -0.286 e. The van der Waals surface area contributed by atoms with E-state index in [1.54, 1.807) is 0 Å². The molecule has 0 amide bonds. The molecule has 0 rings (SSSR count). The standard InChI is InChI=1S/C9H18O3S/c1-2-3-4-5-6-7-8-9-13(10,11)12/h2H,1,3-9H2,(H,10,11,12). The SMILES string of the molecule is C=CCCCCCCCS(=O)(=O)O. The Kier molecular flexibility index (Phi) is 6.90. The average molecular weight is 206 g/mol. The maximum Gasteiger partial charge on any atom is 0.264 e. The smallest absolute Gasteiger partial charge is 0.264 e. The second-order valence-corrected chi connectivity index (χ2v) is 4.70. The lowest BCUT2D eigenvalue weighted by atomic mass is 10.1. The summed E-state index contributed by atoms with van der Waals surface area (Å²) in [5, 5.41) is 0. The van der Waals surface area contributed by atoms with E-state index < -0.39 is 10.1 Å². The Morgan fingerprint density at radius 1 is 1.08 bits per heavy atom. The molecule has 0 atom stereocenters. The van der Waals surface area contributed by atoms with Gasteiger partial charge in [-0.25, -0.2) is 0 Å². The summed E-state index contributed by atoms with van der Waals surface area (Å²) in [5.74, 6) is -0.103. The van der Waals surface area contributed by atoms with Crippen molar-refractivity contribution in [2.75, 3.05) is 5.75 Å². The van der Waals surface area contributed by atoms with Crippen LogP contribution in [0.4, 0.5) is 0 Å². The minimum atomic E-state index is -3.74. The fourth-order valence-corrected chi connectivity index (χ4v) is 1.67. The molecular formula is C9H18O3S. The van der Waals surface area contributed by atoms with E-state index in [1.165, 1.54) is 0 Å². The Morgan fingerprint density at radius 3 is 2.15 bits per heavy atom. The van der Waals surface area contributed by atoms with Crippen molar-refractivity contribution in [3.63, 3.8) is 0 Å². The van der Waals surface area contributed by atoms with Gasteiger partial charge in [-0.3, -0.25) is 4.55 Å². The van der Waals surface area contributed by atoms with Gasteiger partial charge in [-0.2, -0.15) is 8.42 Å². The van der Waals surface area contributed by atoms with Crippen LogP contribution in [0.5, 0.6) is 0 Å². The third-order valence-electron chi connectivity index (χ3n) is 1.81. The van der Waals surface area contributed by atoms with Crippen LogP contribution in [0.1, 0.15) is 38.5 Å². The Balaban J connectivity index is 3.13. The first kappa shape index (κ1) is 12.7. The van der Waals surface area contributed by atoms with Crippen LogP contribution >= 0.6 is 0 Å². The summed E-state index contributed by atoms with van der Waals surface area (Å²) >= 11 is 0. The van der Waals surface area contributed by atoms with E-state index in [9.17, 15) is 8.42 Å². The summed E-state index contributed by atoms with van der Waals surface area (Å²) in [6.45, 7) is 3.61. The predicted molar refractivity (Wildman–Crippen MR) is 54.3 cm³/mol. The summed E-state index contributed by atoms with van der Waals surface area (Å²) in [7, 11) is -3.74. The highest BCUT2D eigenvalue weighted by Crippen LogP contribution is 2.06. The van der Waals surface area contributed by atoms with Gasteiger partial charge in [0.2, 0.25) is 0 Å². The number of rotatable bonds is 8. The van der Waals surface area contributed by atoms with Crippen molar-refractivity contribution in [3.8, 4) is 0 Å². The monoisotopic (exact) mass is 206 g/mol. The van der Waals surface area contributed by atoms with Gasteiger partial charge in [-0.1, -0.05) is 25.3 Å². The minimum absolute atomic E-state index is 0.103. The summed E-state index contributed by atoms with van der Waals surface area (Å²) < 4.78 is 29.0. The van der Waals surface area contributed by atoms with Crippen molar-refractivity contribution in [2.45, 2.75) is 38.5 Å². The van der Waals surface area contributed by atoms with Crippen molar-refractivity contribution in [1.82, 2.24) is 0 Å². The molecule has 0 aromatic rings. The highest BCUT2D eigenvalue weighted by molar-refractivity contribution is 7.85. The molecule has 0 aliphatic heterocycles. The molecule has 0 spiro atoms. The second kappa shape index (κ2) is 7.09. The molecule has 0 aliphatic carbocycles. The predicted octanol–water partition coefficient (Wildman–Crippen LogP) is 2.40. The fraction of sp³-hybridized carbons (Fsp3) is 0.778. The number of hydrogen-bond acceptors (Lipinski definition) is 2. The number of allylic oxidation sites excluding steroid dienone is 1. The Bertz CT molecular complexity index is 219. The van der Waals surface area contributed by atoms with Gasteiger partial charge >= 0.3 is 0 Å². The lowest BCUT2D eigenvalue weighted by Gasteiger charge is -1.98. The van der Waals surface area contributed by atoms with Crippen molar-refractivity contribution in [2.24, 2.45) is 0 Å². The third-order valence-corrected chi connectivity index (χ3v) is 2.62. The highest BCUT2D eigenvalue weighted by Gasteiger charge is 2.02. The molecule has 0 fully saturated rings. The quantitative estimate of drug-likeness (QED) is 0.377. The zero-order valence-electron chi connectivity index (χ0n) is 7.91. The Labute approximate surface area is 80.6 Å². The van der Waals surface area contributed by atoms with Crippen LogP contribution in [0.3, 0.4) is 0 Å². The zero-order valence-corrected chi connectivity index (χ0v) is 8.72. The van der Waals surface area contributed by atoms with E-state index in [0.717, 1.165) is 32.1 Å². The molecule has 13 heavy (non-hydrogen) atoms. The van der Waals surface area contributed by atoms with Crippen molar-refractivity contribution >= 4 is 10.1 Å². The molecular weight excluding hydrogens is 188 g/mol. The van der Waals surface area contributed by atoms with Crippen LogP contribution in [0.15, 0.2) is 12.7 Å². The van der Waals surface area contributed by atoms with E-state index in [1.807, 2.05) is 6.08 Å². The van der Waals surface area contributed by atoms with Gasteiger partial charge in [0.05, 0.1) is 5.75 Å². The van der Waals surface area contributed by atoms with Crippen molar-refractivity contribution in [1.29, 1.82) is 0 Å². The van der Waals surface area contributed by atoms with Gasteiger partial charge in [-0.15, -0.1) is 6.58 Å². The second-order valence-electron chi connectivity index (χ2n) is 3.13. The largest absolute Gasteiger partial charge is 0.286 e. The summed E-state index contributed by atoms with van der Waals surface area (Å²) in [5.41, 5.74) is 0. The van der Waals surface area contributed by atoms with E-state index in [-0.39, 0.29) is 5.75 Å². The van der Waals surface area contributed by atoms with Crippen LogP contribution in [-0.2, 0) is 10.1 Å². The molecule has 0 aromatic carbocycles. The summed E-state index contributed by atoms with van der Waals surface area (Å²) in [6.07, 6.45) is 7.61. The molecule has 0 radical (unpaired) electrons. The van der Waals surface area contributed by atoms with E-state index >= 15 is 0 Å². The number of hydrogen-bond donors (Lipinski definition) is 1. The number of unbranched alkanes of at least 4 members (excludes halogenated alkanes) is 5. The Hall–Kier alpha value is -0.350. The normalized spacial score (nSPS) is 11.5. The Morgan fingerprint density at radius 2 is 1.62 bits per heavy atom. The van der Waals surface area contributed by atoms with Gasteiger partial charge in [0, 0.05) is 0 Å². The van der Waals surface area contributed by atoms with Crippen LogP contribution in [-0.4, -0.2) is 18.7 Å². The molecule has 78 valence electrons. The molecule has 0 unspecified atom stereocenters. The summed E-state index contributed by atoms with van der Waals surface area (Å²) in [6, 6.07) is 0. The van der Waals surface area contributed by atoms with Gasteiger partial charge in [0.15, 0.2) is 0 Å². The summed E-state index contributed by atoms with van der Waals surface area (Å²) in [4.78, 5) is 0. The fourth-order valence-electron chi connectivity index (χ4n) is 1.10. The lowest BCUT2D eigenvalue weighted by molar-refractivity contribution is 0.479. The highest BCUT2D eigenvalue weighted by atomic mass is 32.2. The van der Waals surface area contributed by atoms with Crippen LogP contribution < -0.4 is 0 Å². The molecule has 3 nitrogen and oxygen atoms in total. The van der Waals surface area contributed by atoms with Gasteiger partial charge in [-0.05, 0) is 19.3 Å². The first-order valence-corrected chi connectivity index (χ1v) is 6.23. The van der Waals surface area contributed by atoms with Crippen molar-refractivity contribution in [3.05, 3.63) is 12.7 Å². The van der Waals surface area contributed by atoms with Gasteiger partial charge in [0.1, 0.15) is 0 Å². The van der Waals surface area contributed by atoms with Gasteiger partial charge < -0.3 is 0 Å². The first-order valence-electron chi connectivity index (χ1n) is 4.62. The molecule has 0 saturated carbocycles. The molecule has 0 aliphatic rings. The van der Waals surface area contributed by atoms with E-state index in [2.05, 4.69) is 6.58 Å². The third kappa shape index (κ3) is 11.7. The van der Waals surface area contributed by atoms with E-state index in [4.69, 9.17) is 4.55 Å². The molecule has 1 N–H and O–H groups in total. The molecule has 4 heteroatoms. The molecule has 0 saturated heterocycles. The molecule has 0 bridgehead atoms.